The van der Waals surface area contributed by atoms with Crippen LogP contribution < -0.4 is 20.3 Å². The number of hydrogen-bond donors (Lipinski definition) is 1. The fourth-order valence-electron chi connectivity index (χ4n) is 4.16. The number of hydrogen-bond acceptors (Lipinski definition) is 8. The van der Waals surface area contributed by atoms with Gasteiger partial charge in [0, 0.05) is 37.5 Å². The van der Waals surface area contributed by atoms with E-state index < -0.39 is 19.0 Å². The van der Waals surface area contributed by atoms with Gasteiger partial charge in [0.25, 0.3) is 0 Å². The number of nitrogen functional groups attached to an aromatic ring is 1. The first-order valence-electron chi connectivity index (χ1n) is 9.88. The standard InChI is InChI=1S/C19H20F4N6O2/c20-16(21)10-5-28(6-10)19-26-13(9-1-14(31-18(22)23)17(24)25-4-9)3-15(27-19)29-7-12-2-11(29)8-30-12/h1,3-4,10-12,16,18H,2,5-8H2,(H2,24,25). The van der Waals surface area contributed by atoms with Gasteiger partial charge in [-0.3, -0.25) is 0 Å². The minimum absolute atomic E-state index is 0.128. The summed E-state index contributed by atoms with van der Waals surface area (Å²) in [5, 5.41) is 0. The van der Waals surface area contributed by atoms with Gasteiger partial charge in [-0.25, -0.2) is 18.7 Å². The van der Waals surface area contributed by atoms with Crippen LogP contribution in [0.3, 0.4) is 0 Å². The lowest BCUT2D eigenvalue weighted by Gasteiger charge is -2.39. The Hall–Kier alpha value is -2.89. The number of anilines is 3. The van der Waals surface area contributed by atoms with Crippen LogP contribution in [-0.4, -0.2) is 66.4 Å². The molecule has 5 rings (SSSR count). The molecule has 2 atom stereocenters. The summed E-state index contributed by atoms with van der Waals surface area (Å²) in [5.41, 5.74) is 6.45. The summed E-state index contributed by atoms with van der Waals surface area (Å²) in [5.74, 6) is -0.221. The summed E-state index contributed by atoms with van der Waals surface area (Å²) in [6.07, 6.45) is 0.0201. The number of aromatic nitrogens is 3. The zero-order valence-corrected chi connectivity index (χ0v) is 16.3. The zero-order valence-electron chi connectivity index (χ0n) is 16.3. The second-order valence-electron chi connectivity index (χ2n) is 7.89. The molecule has 31 heavy (non-hydrogen) atoms. The maximum absolute atomic E-state index is 12.9. The van der Waals surface area contributed by atoms with Crippen LogP contribution in [0.1, 0.15) is 6.42 Å². The molecule has 3 aliphatic heterocycles. The smallest absolute Gasteiger partial charge is 0.387 e. The van der Waals surface area contributed by atoms with Crippen molar-refractivity contribution >= 4 is 17.6 Å². The molecule has 5 heterocycles. The Morgan fingerprint density at radius 1 is 1.13 bits per heavy atom. The number of alkyl halides is 4. The van der Waals surface area contributed by atoms with Crippen molar-refractivity contribution in [1.29, 1.82) is 0 Å². The van der Waals surface area contributed by atoms with Gasteiger partial charge in [-0.15, -0.1) is 0 Å². The van der Waals surface area contributed by atoms with Crippen molar-refractivity contribution in [2.45, 2.75) is 31.6 Å². The van der Waals surface area contributed by atoms with E-state index in [1.807, 2.05) is 0 Å². The minimum Gasteiger partial charge on any atom is -0.431 e. The number of fused-ring (bicyclic) bond motifs is 2. The Morgan fingerprint density at radius 3 is 2.58 bits per heavy atom. The molecular formula is C19H20F4N6O2. The number of nitrogens with two attached hydrogens (primary N) is 1. The van der Waals surface area contributed by atoms with Crippen molar-refractivity contribution in [3.8, 4) is 17.0 Å². The number of ether oxygens (including phenoxy) is 2. The molecule has 0 saturated carbocycles. The van der Waals surface area contributed by atoms with Crippen molar-refractivity contribution in [1.82, 2.24) is 15.0 Å². The van der Waals surface area contributed by atoms with Crippen LogP contribution in [0, 0.1) is 5.92 Å². The third-order valence-electron chi connectivity index (χ3n) is 5.84. The van der Waals surface area contributed by atoms with E-state index in [4.69, 9.17) is 10.5 Å². The molecule has 2 unspecified atom stereocenters. The van der Waals surface area contributed by atoms with Gasteiger partial charge in [-0.2, -0.15) is 13.8 Å². The molecule has 166 valence electrons. The van der Waals surface area contributed by atoms with Crippen LogP contribution >= 0.6 is 0 Å². The van der Waals surface area contributed by atoms with E-state index in [9.17, 15) is 17.6 Å². The molecule has 12 heteroatoms. The number of rotatable bonds is 6. The molecule has 3 saturated heterocycles. The fraction of sp³-hybridized carbons (Fsp3) is 0.526. The second kappa shape index (κ2) is 7.66. The lowest BCUT2D eigenvalue weighted by Crippen LogP contribution is -2.51. The van der Waals surface area contributed by atoms with E-state index in [1.54, 1.807) is 11.0 Å². The Labute approximate surface area is 175 Å². The van der Waals surface area contributed by atoms with Crippen molar-refractivity contribution in [3.63, 3.8) is 0 Å². The summed E-state index contributed by atoms with van der Waals surface area (Å²) in [7, 11) is 0. The van der Waals surface area contributed by atoms with Crippen LogP contribution in [0.2, 0.25) is 0 Å². The van der Waals surface area contributed by atoms with Crippen LogP contribution in [0.5, 0.6) is 5.75 Å². The zero-order chi connectivity index (χ0) is 21.7. The molecule has 8 nitrogen and oxygen atoms in total. The molecule has 0 amide bonds. The van der Waals surface area contributed by atoms with Crippen molar-refractivity contribution in [2.75, 3.05) is 41.8 Å². The second-order valence-corrected chi connectivity index (χ2v) is 7.89. The molecule has 0 spiro atoms. The maximum Gasteiger partial charge on any atom is 0.387 e. The minimum atomic E-state index is -3.05. The van der Waals surface area contributed by atoms with Gasteiger partial charge in [0.1, 0.15) is 5.82 Å². The highest BCUT2D eigenvalue weighted by Gasteiger charge is 2.41. The Kier molecular flexibility index (Phi) is 4.95. The highest BCUT2D eigenvalue weighted by Crippen LogP contribution is 2.36. The molecule has 3 aliphatic rings. The molecule has 3 fully saturated rings. The molecule has 0 aliphatic carbocycles. The summed E-state index contributed by atoms with van der Waals surface area (Å²) in [6, 6.07) is 3.24. The molecule has 2 aromatic rings. The third kappa shape index (κ3) is 3.80. The van der Waals surface area contributed by atoms with Crippen molar-refractivity contribution < 1.29 is 27.0 Å². The normalized spacial score (nSPS) is 23.2. The lowest BCUT2D eigenvalue weighted by atomic mass is 10.0. The third-order valence-corrected chi connectivity index (χ3v) is 5.84. The molecule has 0 aromatic carbocycles. The monoisotopic (exact) mass is 440 g/mol. The van der Waals surface area contributed by atoms with Gasteiger partial charge < -0.3 is 25.0 Å². The highest BCUT2D eigenvalue weighted by molar-refractivity contribution is 5.68. The van der Waals surface area contributed by atoms with Gasteiger partial charge in [0.15, 0.2) is 11.6 Å². The van der Waals surface area contributed by atoms with Gasteiger partial charge in [0.05, 0.1) is 30.4 Å². The lowest BCUT2D eigenvalue weighted by molar-refractivity contribution is -0.0494. The van der Waals surface area contributed by atoms with E-state index in [2.05, 4.69) is 24.6 Å². The van der Waals surface area contributed by atoms with E-state index in [0.29, 0.717) is 36.2 Å². The SMILES string of the molecule is Nc1ncc(-c2cc(N3CC4CC3CO4)nc(N3CC(C(F)F)C3)n2)cc1OC(F)F. The van der Waals surface area contributed by atoms with Crippen LogP contribution in [-0.2, 0) is 4.74 Å². The van der Waals surface area contributed by atoms with Gasteiger partial charge in [-0.05, 0) is 12.5 Å². The Morgan fingerprint density at radius 2 is 1.94 bits per heavy atom. The first-order chi connectivity index (χ1) is 14.9. The van der Waals surface area contributed by atoms with Crippen LogP contribution in [0.15, 0.2) is 18.3 Å². The van der Waals surface area contributed by atoms with E-state index >= 15 is 0 Å². The maximum atomic E-state index is 12.9. The number of pyridine rings is 1. The predicted octanol–water partition coefficient (Wildman–Crippen LogP) is 2.40. The topological polar surface area (TPSA) is 89.6 Å². The van der Waals surface area contributed by atoms with Crippen molar-refractivity contribution in [3.05, 3.63) is 18.3 Å². The van der Waals surface area contributed by atoms with Gasteiger partial charge in [0.2, 0.25) is 12.4 Å². The van der Waals surface area contributed by atoms with Gasteiger partial charge >= 0.3 is 6.61 Å². The summed E-state index contributed by atoms with van der Waals surface area (Å²) < 4.78 is 61.4. The molecule has 2 aromatic heterocycles. The summed E-state index contributed by atoms with van der Waals surface area (Å²) in [4.78, 5) is 16.8. The number of nitrogens with zero attached hydrogens (tertiary/aromatic N) is 5. The van der Waals surface area contributed by atoms with E-state index in [0.717, 1.165) is 6.42 Å². The van der Waals surface area contributed by atoms with Gasteiger partial charge in [-0.1, -0.05) is 0 Å². The fourth-order valence-corrected chi connectivity index (χ4v) is 4.16. The summed E-state index contributed by atoms with van der Waals surface area (Å²) >= 11 is 0. The quantitative estimate of drug-likeness (QED) is 0.685. The first-order valence-corrected chi connectivity index (χ1v) is 9.88. The average Bonchev–Trinajstić information content (AvgIpc) is 3.31. The van der Waals surface area contributed by atoms with E-state index in [-0.39, 0.29) is 36.8 Å². The Bertz CT molecular complexity index is 974. The van der Waals surface area contributed by atoms with Crippen molar-refractivity contribution in [2.24, 2.45) is 5.92 Å². The first kappa shape index (κ1) is 20.0. The predicted molar refractivity (Wildman–Crippen MR) is 104 cm³/mol. The Balaban J connectivity index is 1.51. The number of halogens is 4. The molecular weight excluding hydrogens is 420 g/mol. The van der Waals surface area contributed by atoms with E-state index in [1.165, 1.54) is 12.3 Å². The molecule has 2 N–H and O–H groups in total. The summed E-state index contributed by atoms with van der Waals surface area (Å²) in [6.45, 7) is -1.50. The van der Waals surface area contributed by atoms with Crippen LogP contribution in [0.25, 0.3) is 11.3 Å². The largest absolute Gasteiger partial charge is 0.431 e. The highest BCUT2D eigenvalue weighted by atomic mass is 19.3. The molecule has 2 bridgehead atoms. The molecule has 0 radical (unpaired) electrons. The van der Waals surface area contributed by atoms with Crippen LogP contribution in [0.4, 0.5) is 35.1 Å². The number of morpholine rings is 1. The average molecular weight is 440 g/mol.